The molecule has 0 saturated heterocycles. The van der Waals surface area contributed by atoms with Gasteiger partial charge in [0.25, 0.3) is 11.6 Å². The van der Waals surface area contributed by atoms with Crippen molar-refractivity contribution >= 4 is 21.4 Å². The number of carbonyl (C=O) groups excluding carboxylic acids is 1. The fourth-order valence-corrected chi connectivity index (χ4v) is 3.00. The molecule has 1 amide bonds. The highest BCUT2D eigenvalue weighted by molar-refractivity contribution is 7.90. The zero-order valence-corrected chi connectivity index (χ0v) is 16.4. The zero-order valence-electron chi connectivity index (χ0n) is 15.6. The Morgan fingerprint density at radius 1 is 1.14 bits per heavy atom. The van der Waals surface area contributed by atoms with Crippen molar-refractivity contribution in [2.75, 3.05) is 33.6 Å². The first-order chi connectivity index (χ1) is 13.1. The smallest absolute Gasteiger partial charge is 0.271 e. The summed E-state index contributed by atoms with van der Waals surface area (Å²) in [5.74, 6) is 0.732. The van der Waals surface area contributed by atoms with Gasteiger partial charge in [0, 0.05) is 31.0 Å². The number of hydrogen-bond donors (Lipinski definition) is 0. The van der Waals surface area contributed by atoms with Crippen LogP contribution in [-0.2, 0) is 9.84 Å². The number of amides is 1. The predicted molar refractivity (Wildman–Crippen MR) is 102 cm³/mol. The minimum atomic E-state index is -3.71. The third-order valence-electron chi connectivity index (χ3n) is 3.88. The van der Waals surface area contributed by atoms with E-state index < -0.39 is 26.4 Å². The molecule has 10 heteroatoms. The molecule has 0 atom stereocenters. The Kier molecular flexibility index (Phi) is 6.57. The second-order valence-corrected chi connectivity index (χ2v) is 8.01. The number of nitro groups is 1. The molecule has 0 heterocycles. The largest absolute Gasteiger partial charge is 0.497 e. The van der Waals surface area contributed by atoms with Gasteiger partial charge < -0.3 is 14.4 Å². The maximum absolute atomic E-state index is 12.6. The van der Waals surface area contributed by atoms with Crippen LogP contribution in [0.5, 0.6) is 11.5 Å². The molecule has 2 aromatic rings. The Hall–Kier alpha value is -3.14. The van der Waals surface area contributed by atoms with Crippen molar-refractivity contribution in [2.24, 2.45) is 0 Å². The van der Waals surface area contributed by atoms with Gasteiger partial charge in [-0.3, -0.25) is 14.9 Å². The monoisotopic (exact) mass is 408 g/mol. The quantitative estimate of drug-likeness (QED) is 0.485. The number of sulfone groups is 1. The third-order valence-corrected chi connectivity index (χ3v) is 4.97. The van der Waals surface area contributed by atoms with Crippen LogP contribution >= 0.6 is 0 Å². The molecule has 0 saturated carbocycles. The molecule has 0 radical (unpaired) electrons. The summed E-state index contributed by atoms with van der Waals surface area (Å²) in [6, 6.07) is 10.0. The van der Waals surface area contributed by atoms with Crippen LogP contribution in [0.2, 0.25) is 0 Å². The Balaban J connectivity index is 2.09. The van der Waals surface area contributed by atoms with E-state index in [4.69, 9.17) is 9.47 Å². The number of likely N-dealkylation sites (N-methyl/N-ethyl adjacent to an activating group) is 1. The van der Waals surface area contributed by atoms with Gasteiger partial charge in [0.15, 0.2) is 9.84 Å². The average Bonchev–Trinajstić information content (AvgIpc) is 2.66. The van der Waals surface area contributed by atoms with Gasteiger partial charge in [0.2, 0.25) is 0 Å². The minimum Gasteiger partial charge on any atom is -0.497 e. The number of hydrogen-bond acceptors (Lipinski definition) is 7. The lowest BCUT2D eigenvalue weighted by molar-refractivity contribution is -0.385. The first-order valence-corrected chi connectivity index (χ1v) is 10.0. The first-order valence-electron chi connectivity index (χ1n) is 8.13. The van der Waals surface area contributed by atoms with Crippen molar-refractivity contribution in [3.05, 3.63) is 58.1 Å². The van der Waals surface area contributed by atoms with Gasteiger partial charge in [-0.15, -0.1) is 0 Å². The maximum atomic E-state index is 12.6. The van der Waals surface area contributed by atoms with Gasteiger partial charge in [-0.05, 0) is 30.3 Å². The highest BCUT2D eigenvalue weighted by Crippen LogP contribution is 2.22. The second kappa shape index (κ2) is 8.70. The number of nitro benzene ring substituents is 1. The molecule has 0 fully saturated rings. The van der Waals surface area contributed by atoms with Crippen molar-refractivity contribution < 1.29 is 27.6 Å². The minimum absolute atomic E-state index is 0.0819. The van der Waals surface area contributed by atoms with Crippen LogP contribution in [0.3, 0.4) is 0 Å². The van der Waals surface area contributed by atoms with Gasteiger partial charge in [-0.1, -0.05) is 0 Å². The average molecular weight is 408 g/mol. The summed E-state index contributed by atoms with van der Waals surface area (Å²) in [5, 5.41) is 11.1. The number of benzene rings is 2. The van der Waals surface area contributed by atoms with E-state index in [-0.39, 0.29) is 23.6 Å². The van der Waals surface area contributed by atoms with E-state index in [1.165, 1.54) is 11.9 Å². The van der Waals surface area contributed by atoms with Crippen molar-refractivity contribution in [3.8, 4) is 11.5 Å². The second-order valence-electron chi connectivity index (χ2n) is 6.00. The number of ether oxygens (including phenoxy) is 2. The molecule has 0 aliphatic carbocycles. The van der Waals surface area contributed by atoms with Crippen LogP contribution in [0.15, 0.2) is 47.4 Å². The fourth-order valence-electron chi connectivity index (χ4n) is 2.32. The SMILES string of the molecule is COc1ccc(OCCN(C)C(=O)c2cc([N+](=O)[O-])cc(S(C)(=O)=O)c2)cc1. The highest BCUT2D eigenvalue weighted by Gasteiger charge is 2.21. The van der Waals surface area contributed by atoms with Gasteiger partial charge in [0.1, 0.15) is 18.1 Å². The fraction of sp³-hybridized carbons (Fsp3) is 0.278. The molecular formula is C18H20N2O7S. The molecule has 0 aliphatic heterocycles. The summed E-state index contributed by atoms with van der Waals surface area (Å²) >= 11 is 0. The number of non-ortho nitro benzene ring substituents is 1. The highest BCUT2D eigenvalue weighted by atomic mass is 32.2. The maximum Gasteiger partial charge on any atom is 0.271 e. The van der Waals surface area contributed by atoms with Crippen molar-refractivity contribution in [1.82, 2.24) is 4.90 Å². The normalized spacial score (nSPS) is 11.0. The van der Waals surface area contributed by atoms with E-state index >= 15 is 0 Å². The van der Waals surface area contributed by atoms with Crippen molar-refractivity contribution in [1.29, 1.82) is 0 Å². The van der Waals surface area contributed by atoms with Crippen LogP contribution in [0, 0.1) is 10.1 Å². The standard InChI is InChI=1S/C18H20N2O7S/c1-19(8-9-27-16-6-4-15(26-2)5-7-16)18(21)13-10-14(20(22)23)12-17(11-13)28(3,24)25/h4-7,10-12H,8-9H2,1-3H3. The lowest BCUT2D eigenvalue weighted by Crippen LogP contribution is -2.31. The van der Waals surface area contributed by atoms with Gasteiger partial charge >= 0.3 is 0 Å². The molecule has 0 aliphatic rings. The lowest BCUT2D eigenvalue weighted by Gasteiger charge is -2.18. The van der Waals surface area contributed by atoms with Crippen LogP contribution in [-0.4, -0.2) is 57.7 Å². The summed E-state index contributed by atoms with van der Waals surface area (Å²) in [4.78, 5) is 23.9. The van der Waals surface area contributed by atoms with Crippen molar-refractivity contribution in [2.45, 2.75) is 4.90 Å². The van der Waals surface area contributed by atoms with E-state index in [1.807, 2.05) is 0 Å². The van der Waals surface area contributed by atoms with Gasteiger partial charge in [-0.2, -0.15) is 0 Å². The molecule has 2 aromatic carbocycles. The Labute approximate surface area is 162 Å². The lowest BCUT2D eigenvalue weighted by atomic mass is 10.2. The van der Waals surface area contributed by atoms with Crippen LogP contribution < -0.4 is 9.47 Å². The van der Waals surface area contributed by atoms with E-state index in [0.29, 0.717) is 11.5 Å². The van der Waals surface area contributed by atoms with E-state index in [2.05, 4.69) is 0 Å². The predicted octanol–water partition coefficient (Wildman–Crippen LogP) is 2.16. The molecule has 9 nitrogen and oxygen atoms in total. The topological polar surface area (TPSA) is 116 Å². The van der Waals surface area contributed by atoms with Crippen LogP contribution in [0.25, 0.3) is 0 Å². The van der Waals surface area contributed by atoms with Gasteiger partial charge in [0.05, 0.1) is 23.5 Å². The summed E-state index contributed by atoms with van der Waals surface area (Å²) in [6.07, 6.45) is 0.923. The first kappa shape index (κ1) is 21.2. The van der Waals surface area contributed by atoms with E-state index in [9.17, 15) is 23.3 Å². The molecule has 0 N–H and O–H groups in total. The summed E-state index contributed by atoms with van der Waals surface area (Å²) in [6.45, 7) is 0.379. The summed E-state index contributed by atoms with van der Waals surface area (Å²) in [5.41, 5.74) is -0.546. The zero-order chi connectivity index (χ0) is 20.9. The summed E-state index contributed by atoms with van der Waals surface area (Å²) in [7, 11) is -0.656. The molecule has 0 spiro atoms. The Morgan fingerprint density at radius 3 is 2.29 bits per heavy atom. The number of rotatable bonds is 8. The molecule has 0 unspecified atom stereocenters. The van der Waals surface area contributed by atoms with Gasteiger partial charge in [-0.25, -0.2) is 8.42 Å². The summed E-state index contributed by atoms with van der Waals surface area (Å²) < 4.78 is 34.1. The number of methoxy groups -OCH3 is 1. The molecular weight excluding hydrogens is 388 g/mol. The molecule has 28 heavy (non-hydrogen) atoms. The van der Waals surface area contributed by atoms with E-state index in [0.717, 1.165) is 24.5 Å². The van der Waals surface area contributed by atoms with Crippen molar-refractivity contribution in [3.63, 3.8) is 0 Å². The molecule has 150 valence electrons. The molecule has 2 rings (SSSR count). The third kappa shape index (κ3) is 5.43. The number of carbonyl (C=O) groups is 1. The molecule has 0 bridgehead atoms. The van der Waals surface area contributed by atoms with E-state index in [1.54, 1.807) is 31.4 Å². The number of nitrogens with zero attached hydrogens (tertiary/aromatic N) is 2. The Bertz CT molecular complexity index is 972. The van der Waals surface area contributed by atoms with Crippen LogP contribution in [0.4, 0.5) is 5.69 Å². The van der Waals surface area contributed by atoms with Crippen LogP contribution in [0.1, 0.15) is 10.4 Å². The molecule has 0 aromatic heterocycles. The Morgan fingerprint density at radius 2 is 1.75 bits per heavy atom.